The van der Waals surface area contributed by atoms with Crippen LogP contribution in [0.4, 0.5) is 0 Å². The second-order valence-corrected chi connectivity index (χ2v) is 9.14. The average molecular weight is 471 g/mol. The third-order valence-corrected chi connectivity index (χ3v) is 6.94. The lowest BCUT2D eigenvalue weighted by atomic mass is 9.79. The molecule has 2 amide bonds. The standard InChI is InChI=1S/C28H26N2O5/c1-33-20-6-4-5-18(14-20)26-25(21-7-2-3-8-22(21)28(32)30(26)19-10-11-19)27(31)29-15-17-9-12-23-24(13-17)35-16-34-23/h2-9,12-14,19,25-26H,10-11,15-16H2,1H3,(H,29,31). The molecule has 2 aliphatic heterocycles. The van der Waals surface area contributed by atoms with Crippen molar-refractivity contribution in [2.24, 2.45) is 0 Å². The molecule has 1 saturated carbocycles. The molecule has 2 heterocycles. The molecule has 0 spiro atoms. The van der Waals surface area contributed by atoms with E-state index in [1.807, 2.05) is 71.6 Å². The average Bonchev–Trinajstić information content (AvgIpc) is 3.63. The second kappa shape index (κ2) is 8.65. The Kier molecular flexibility index (Phi) is 5.32. The third kappa shape index (κ3) is 3.87. The molecule has 3 aromatic carbocycles. The zero-order chi connectivity index (χ0) is 23.9. The van der Waals surface area contributed by atoms with E-state index >= 15 is 0 Å². The molecule has 0 bridgehead atoms. The largest absolute Gasteiger partial charge is 0.497 e. The van der Waals surface area contributed by atoms with Crippen LogP contribution in [-0.2, 0) is 11.3 Å². The molecule has 0 radical (unpaired) electrons. The monoisotopic (exact) mass is 470 g/mol. The van der Waals surface area contributed by atoms with E-state index in [4.69, 9.17) is 14.2 Å². The van der Waals surface area contributed by atoms with Crippen molar-refractivity contribution < 1.29 is 23.8 Å². The number of fused-ring (bicyclic) bond motifs is 2. The van der Waals surface area contributed by atoms with Gasteiger partial charge in [0.25, 0.3) is 5.91 Å². The molecular weight excluding hydrogens is 444 g/mol. The Labute approximate surface area is 203 Å². The summed E-state index contributed by atoms with van der Waals surface area (Å²) in [5.41, 5.74) is 3.16. The quantitative estimate of drug-likeness (QED) is 0.585. The van der Waals surface area contributed by atoms with E-state index in [2.05, 4.69) is 5.32 Å². The van der Waals surface area contributed by atoms with Crippen molar-refractivity contribution in [2.75, 3.05) is 13.9 Å². The van der Waals surface area contributed by atoms with E-state index in [1.165, 1.54) is 0 Å². The van der Waals surface area contributed by atoms with Gasteiger partial charge < -0.3 is 24.4 Å². The minimum atomic E-state index is -0.550. The summed E-state index contributed by atoms with van der Waals surface area (Å²) in [4.78, 5) is 29.4. The van der Waals surface area contributed by atoms with Crippen LogP contribution in [0.25, 0.3) is 0 Å². The highest BCUT2D eigenvalue weighted by Gasteiger charge is 2.49. The molecular formula is C28H26N2O5. The van der Waals surface area contributed by atoms with E-state index in [-0.39, 0.29) is 24.6 Å². The van der Waals surface area contributed by atoms with Gasteiger partial charge in [0.1, 0.15) is 5.75 Å². The molecule has 1 aliphatic carbocycles. The Bertz CT molecular complexity index is 1300. The Morgan fingerprint density at radius 2 is 1.86 bits per heavy atom. The van der Waals surface area contributed by atoms with Crippen molar-refractivity contribution in [1.82, 2.24) is 10.2 Å². The Hall–Kier alpha value is -4.00. The number of hydrogen-bond acceptors (Lipinski definition) is 5. The molecule has 2 unspecified atom stereocenters. The predicted molar refractivity (Wildman–Crippen MR) is 129 cm³/mol. The smallest absolute Gasteiger partial charge is 0.254 e. The highest BCUT2D eigenvalue weighted by atomic mass is 16.7. The van der Waals surface area contributed by atoms with Crippen molar-refractivity contribution in [3.8, 4) is 17.2 Å². The topological polar surface area (TPSA) is 77.1 Å². The first-order chi connectivity index (χ1) is 17.1. The second-order valence-electron chi connectivity index (χ2n) is 9.14. The number of nitrogens with one attached hydrogen (secondary N) is 1. The SMILES string of the molecule is COc1cccc(C2C(C(=O)NCc3ccc4c(c3)OCO4)c3ccccc3C(=O)N2C2CC2)c1. The van der Waals surface area contributed by atoms with Gasteiger partial charge in [0.05, 0.1) is 19.1 Å². The minimum Gasteiger partial charge on any atom is -0.497 e. The van der Waals surface area contributed by atoms with Gasteiger partial charge in [0.15, 0.2) is 11.5 Å². The van der Waals surface area contributed by atoms with Gasteiger partial charge in [0, 0.05) is 18.2 Å². The minimum absolute atomic E-state index is 0.0178. The van der Waals surface area contributed by atoms with Crippen LogP contribution in [0.3, 0.4) is 0 Å². The number of rotatable bonds is 6. The first-order valence-corrected chi connectivity index (χ1v) is 11.9. The molecule has 0 saturated heterocycles. The fraction of sp³-hybridized carbons (Fsp3) is 0.286. The number of nitrogens with zero attached hydrogens (tertiary/aromatic N) is 1. The van der Waals surface area contributed by atoms with Crippen LogP contribution >= 0.6 is 0 Å². The normalized spacial score (nSPS) is 20.4. The first-order valence-electron chi connectivity index (χ1n) is 11.9. The summed E-state index contributed by atoms with van der Waals surface area (Å²) < 4.78 is 16.3. The van der Waals surface area contributed by atoms with Crippen LogP contribution in [0.5, 0.6) is 17.2 Å². The lowest BCUT2D eigenvalue weighted by Crippen LogP contribution is -2.48. The lowest BCUT2D eigenvalue weighted by molar-refractivity contribution is -0.124. The van der Waals surface area contributed by atoms with Crippen LogP contribution in [0.2, 0.25) is 0 Å². The maximum atomic E-state index is 13.9. The highest BCUT2D eigenvalue weighted by Crippen LogP contribution is 2.48. The lowest BCUT2D eigenvalue weighted by Gasteiger charge is -2.42. The third-order valence-electron chi connectivity index (χ3n) is 6.94. The summed E-state index contributed by atoms with van der Waals surface area (Å²) in [7, 11) is 1.62. The van der Waals surface area contributed by atoms with Crippen LogP contribution in [0.1, 0.15) is 51.8 Å². The van der Waals surface area contributed by atoms with E-state index in [0.29, 0.717) is 29.4 Å². The molecule has 1 fully saturated rings. The summed E-state index contributed by atoms with van der Waals surface area (Å²) >= 11 is 0. The van der Waals surface area contributed by atoms with Gasteiger partial charge >= 0.3 is 0 Å². The fourth-order valence-electron chi connectivity index (χ4n) is 5.12. The summed E-state index contributed by atoms with van der Waals surface area (Å²) in [6, 6.07) is 20.5. The van der Waals surface area contributed by atoms with Crippen LogP contribution in [-0.4, -0.2) is 36.7 Å². The maximum Gasteiger partial charge on any atom is 0.254 e. The summed E-state index contributed by atoms with van der Waals surface area (Å²) in [6.07, 6.45) is 1.89. The molecule has 7 nitrogen and oxygen atoms in total. The number of hydrogen-bond donors (Lipinski definition) is 1. The zero-order valence-electron chi connectivity index (χ0n) is 19.4. The fourth-order valence-corrected chi connectivity index (χ4v) is 5.12. The number of carbonyl (C=O) groups is 2. The molecule has 7 heteroatoms. The number of amides is 2. The van der Waals surface area contributed by atoms with Crippen molar-refractivity contribution in [3.05, 3.63) is 89.0 Å². The molecule has 1 N–H and O–H groups in total. The van der Waals surface area contributed by atoms with Gasteiger partial charge in [-0.2, -0.15) is 0 Å². The summed E-state index contributed by atoms with van der Waals surface area (Å²) in [6.45, 7) is 0.549. The van der Waals surface area contributed by atoms with E-state index < -0.39 is 12.0 Å². The zero-order valence-corrected chi connectivity index (χ0v) is 19.4. The summed E-state index contributed by atoms with van der Waals surface area (Å²) in [5.74, 6) is 1.39. The van der Waals surface area contributed by atoms with Gasteiger partial charge in [-0.25, -0.2) is 0 Å². The van der Waals surface area contributed by atoms with Crippen molar-refractivity contribution >= 4 is 11.8 Å². The Morgan fingerprint density at radius 1 is 1.03 bits per heavy atom. The van der Waals surface area contributed by atoms with E-state index in [0.717, 1.165) is 29.5 Å². The number of methoxy groups -OCH3 is 1. The molecule has 6 rings (SSSR count). The molecule has 0 aromatic heterocycles. The number of benzene rings is 3. The van der Waals surface area contributed by atoms with Crippen molar-refractivity contribution in [1.29, 1.82) is 0 Å². The van der Waals surface area contributed by atoms with Gasteiger partial charge in [-0.05, 0) is 59.9 Å². The van der Waals surface area contributed by atoms with Crippen LogP contribution in [0.15, 0.2) is 66.7 Å². The number of carbonyl (C=O) groups excluding carboxylic acids is 2. The predicted octanol–water partition coefficient (Wildman–Crippen LogP) is 4.18. The van der Waals surface area contributed by atoms with Crippen molar-refractivity contribution in [3.63, 3.8) is 0 Å². The van der Waals surface area contributed by atoms with Gasteiger partial charge in [-0.1, -0.05) is 36.4 Å². The molecule has 3 aromatic rings. The van der Waals surface area contributed by atoms with Crippen LogP contribution in [0, 0.1) is 0 Å². The Morgan fingerprint density at radius 3 is 2.69 bits per heavy atom. The van der Waals surface area contributed by atoms with Gasteiger partial charge in [-0.15, -0.1) is 0 Å². The number of ether oxygens (including phenoxy) is 3. The highest BCUT2D eigenvalue weighted by molar-refractivity contribution is 6.01. The first kappa shape index (κ1) is 21.5. The van der Waals surface area contributed by atoms with Gasteiger partial charge in [-0.3, -0.25) is 9.59 Å². The summed E-state index contributed by atoms with van der Waals surface area (Å²) in [5, 5.41) is 3.12. The Balaban J connectivity index is 1.37. The van der Waals surface area contributed by atoms with E-state index in [9.17, 15) is 9.59 Å². The molecule has 35 heavy (non-hydrogen) atoms. The van der Waals surface area contributed by atoms with Gasteiger partial charge in [0.2, 0.25) is 12.7 Å². The molecule has 2 atom stereocenters. The van der Waals surface area contributed by atoms with Crippen molar-refractivity contribution in [2.45, 2.75) is 37.4 Å². The van der Waals surface area contributed by atoms with Crippen LogP contribution < -0.4 is 19.5 Å². The maximum absolute atomic E-state index is 13.9. The molecule has 178 valence electrons. The van der Waals surface area contributed by atoms with E-state index in [1.54, 1.807) is 7.11 Å². The molecule has 3 aliphatic rings.